The maximum absolute atomic E-state index is 12.5. The summed E-state index contributed by atoms with van der Waals surface area (Å²) in [6.45, 7) is 3.79. The number of anilines is 2. The second kappa shape index (κ2) is 4.66. The number of nitrogens with zero attached hydrogens (tertiary/aromatic N) is 2. The van der Waals surface area contributed by atoms with Crippen molar-refractivity contribution in [3.05, 3.63) is 41.3 Å². The first-order valence-electron chi connectivity index (χ1n) is 6.65. The van der Waals surface area contributed by atoms with Crippen molar-refractivity contribution in [3.63, 3.8) is 0 Å². The Bertz CT molecular complexity index is 843. The number of nitrogen functional groups attached to an aromatic ring is 1. The molecule has 4 N–H and O–H groups in total. The fourth-order valence-corrected chi connectivity index (χ4v) is 2.46. The van der Waals surface area contributed by atoms with Crippen LogP contribution in [0, 0.1) is 13.8 Å². The lowest BCUT2D eigenvalue weighted by Crippen LogP contribution is -2.12. The fraction of sp³-hybridized carbons (Fsp3) is 0.200. The van der Waals surface area contributed by atoms with Crippen LogP contribution in [0.2, 0.25) is 0 Å². The van der Waals surface area contributed by atoms with E-state index in [1.54, 1.807) is 23.0 Å². The molecule has 1 amide bonds. The molecule has 6 nitrogen and oxygen atoms in total. The molecule has 0 spiro atoms. The number of nitrogens with two attached hydrogens (primary N) is 1. The molecule has 0 unspecified atom stereocenters. The Labute approximate surface area is 121 Å². The van der Waals surface area contributed by atoms with E-state index in [0.717, 1.165) is 28.0 Å². The molecule has 0 saturated heterocycles. The lowest BCUT2D eigenvalue weighted by atomic mass is 10.1. The molecule has 0 bridgehead atoms. The number of benzene rings is 1. The molecule has 0 atom stereocenters. The number of H-pyrrole nitrogens is 1. The van der Waals surface area contributed by atoms with E-state index in [0.29, 0.717) is 11.3 Å². The molecule has 0 aliphatic carbocycles. The Morgan fingerprint density at radius 3 is 2.81 bits per heavy atom. The Morgan fingerprint density at radius 2 is 2.14 bits per heavy atom. The molecule has 0 aliphatic heterocycles. The van der Waals surface area contributed by atoms with Gasteiger partial charge in [-0.15, -0.1) is 0 Å². The molecule has 3 rings (SSSR count). The highest BCUT2D eigenvalue weighted by molar-refractivity contribution is 6.13. The quantitative estimate of drug-likeness (QED) is 0.631. The summed E-state index contributed by atoms with van der Waals surface area (Å²) in [7, 11) is 1.85. The lowest BCUT2D eigenvalue weighted by Gasteiger charge is -2.05. The zero-order valence-corrected chi connectivity index (χ0v) is 12.2. The predicted molar refractivity (Wildman–Crippen MR) is 83.3 cm³/mol. The molecule has 0 fully saturated rings. The van der Waals surface area contributed by atoms with Crippen LogP contribution in [0.15, 0.2) is 24.4 Å². The zero-order chi connectivity index (χ0) is 15.1. The van der Waals surface area contributed by atoms with Crippen molar-refractivity contribution >= 4 is 28.2 Å². The van der Waals surface area contributed by atoms with Gasteiger partial charge in [0.25, 0.3) is 5.91 Å². The van der Waals surface area contributed by atoms with Crippen LogP contribution in [0.5, 0.6) is 0 Å². The number of amides is 1. The SMILES string of the molecule is Cc1nn(C)c(C)c1NC(=O)c1c[nH]c2ccc(N)cc12. The van der Waals surface area contributed by atoms with Crippen molar-refractivity contribution in [2.45, 2.75) is 13.8 Å². The van der Waals surface area contributed by atoms with Crippen LogP contribution in [-0.4, -0.2) is 20.7 Å². The van der Waals surface area contributed by atoms with Gasteiger partial charge < -0.3 is 16.0 Å². The minimum atomic E-state index is -0.175. The number of nitrogens with one attached hydrogen (secondary N) is 2. The van der Waals surface area contributed by atoms with Crippen molar-refractivity contribution in [1.82, 2.24) is 14.8 Å². The summed E-state index contributed by atoms with van der Waals surface area (Å²) < 4.78 is 1.75. The minimum absolute atomic E-state index is 0.175. The summed E-state index contributed by atoms with van der Waals surface area (Å²) in [6.07, 6.45) is 1.69. The van der Waals surface area contributed by atoms with E-state index in [2.05, 4.69) is 15.4 Å². The molecule has 1 aromatic carbocycles. The average Bonchev–Trinajstić information content (AvgIpc) is 2.95. The summed E-state index contributed by atoms with van der Waals surface area (Å²) in [5.41, 5.74) is 10.3. The van der Waals surface area contributed by atoms with E-state index in [1.807, 2.05) is 27.0 Å². The van der Waals surface area contributed by atoms with Gasteiger partial charge in [0.2, 0.25) is 0 Å². The van der Waals surface area contributed by atoms with Gasteiger partial charge in [0.05, 0.1) is 22.6 Å². The number of aromatic amines is 1. The third-order valence-electron chi connectivity index (χ3n) is 3.70. The van der Waals surface area contributed by atoms with Gasteiger partial charge >= 0.3 is 0 Å². The second-order valence-electron chi connectivity index (χ2n) is 5.13. The van der Waals surface area contributed by atoms with Gasteiger partial charge in [-0.3, -0.25) is 9.48 Å². The first-order valence-corrected chi connectivity index (χ1v) is 6.65. The third kappa shape index (κ3) is 2.14. The van der Waals surface area contributed by atoms with E-state index in [-0.39, 0.29) is 5.91 Å². The number of carbonyl (C=O) groups excluding carboxylic acids is 1. The highest BCUT2D eigenvalue weighted by atomic mass is 16.1. The average molecular weight is 283 g/mol. The van der Waals surface area contributed by atoms with Crippen LogP contribution in [0.4, 0.5) is 11.4 Å². The molecule has 108 valence electrons. The van der Waals surface area contributed by atoms with Crippen LogP contribution in [0.3, 0.4) is 0 Å². The van der Waals surface area contributed by atoms with Gasteiger partial charge in [0.1, 0.15) is 0 Å². The molecule has 2 aromatic heterocycles. The number of aromatic nitrogens is 3. The third-order valence-corrected chi connectivity index (χ3v) is 3.70. The molecule has 0 saturated carbocycles. The Hall–Kier alpha value is -2.76. The number of fused-ring (bicyclic) bond motifs is 1. The van der Waals surface area contributed by atoms with Gasteiger partial charge in [-0.25, -0.2) is 0 Å². The number of aryl methyl sites for hydroxylation is 2. The molecule has 3 aromatic rings. The van der Waals surface area contributed by atoms with Crippen LogP contribution in [0.1, 0.15) is 21.7 Å². The van der Waals surface area contributed by atoms with Crippen LogP contribution in [0.25, 0.3) is 10.9 Å². The van der Waals surface area contributed by atoms with Gasteiger partial charge in [-0.2, -0.15) is 5.10 Å². The summed E-state index contributed by atoms with van der Waals surface area (Å²) >= 11 is 0. The highest BCUT2D eigenvalue weighted by Crippen LogP contribution is 2.24. The van der Waals surface area contributed by atoms with E-state index < -0.39 is 0 Å². The highest BCUT2D eigenvalue weighted by Gasteiger charge is 2.16. The van der Waals surface area contributed by atoms with E-state index in [4.69, 9.17) is 5.73 Å². The summed E-state index contributed by atoms with van der Waals surface area (Å²) in [5, 5.41) is 8.04. The molecule has 0 radical (unpaired) electrons. The van der Waals surface area contributed by atoms with Crippen LogP contribution >= 0.6 is 0 Å². The van der Waals surface area contributed by atoms with E-state index in [9.17, 15) is 4.79 Å². The predicted octanol–water partition coefficient (Wildman–Crippen LogP) is 2.35. The zero-order valence-electron chi connectivity index (χ0n) is 12.2. The second-order valence-corrected chi connectivity index (χ2v) is 5.13. The Balaban J connectivity index is 1.99. The Morgan fingerprint density at radius 1 is 1.38 bits per heavy atom. The number of hydrogen-bond donors (Lipinski definition) is 3. The van der Waals surface area contributed by atoms with Gasteiger partial charge in [0, 0.05) is 29.8 Å². The first-order chi connectivity index (χ1) is 9.97. The monoisotopic (exact) mass is 283 g/mol. The summed E-state index contributed by atoms with van der Waals surface area (Å²) in [5.74, 6) is -0.175. The van der Waals surface area contributed by atoms with Gasteiger partial charge in [-0.1, -0.05) is 0 Å². The Kier molecular flexibility index (Phi) is 2.94. The van der Waals surface area contributed by atoms with Crippen molar-refractivity contribution in [2.75, 3.05) is 11.1 Å². The van der Waals surface area contributed by atoms with Crippen molar-refractivity contribution in [3.8, 4) is 0 Å². The first kappa shape index (κ1) is 13.2. The number of carbonyl (C=O) groups is 1. The molecular formula is C15H17N5O. The number of hydrogen-bond acceptors (Lipinski definition) is 3. The number of rotatable bonds is 2. The summed E-state index contributed by atoms with van der Waals surface area (Å²) in [6, 6.07) is 5.46. The normalized spacial score (nSPS) is 11.0. The van der Waals surface area contributed by atoms with E-state index in [1.165, 1.54) is 0 Å². The maximum atomic E-state index is 12.5. The fourth-order valence-electron chi connectivity index (χ4n) is 2.46. The molecular weight excluding hydrogens is 266 g/mol. The maximum Gasteiger partial charge on any atom is 0.257 e. The molecule has 6 heteroatoms. The standard InChI is InChI=1S/C15H17N5O/c1-8-14(9(2)20(3)19-8)18-15(21)12-7-17-13-5-4-10(16)6-11(12)13/h4-7,17H,16H2,1-3H3,(H,18,21). The van der Waals surface area contributed by atoms with E-state index >= 15 is 0 Å². The van der Waals surface area contributed by atoms with Crippen molar-refractivity contribution in [1.29, 1.82) is 0 Å². The molecule has 2 heterocycles. The smallest absolute Gasteiger partial charge is 0.257 e. The molecule has 0 aliphatic rings. The summed E-state index contributed by atoms with van der Waals surface area (Å²) in [4.78, 5) is 15.6. The van der Waals surface area contributed by atoms with Gasteiger partial charge in [-0.05, 0) is 32.0 Å². The van der Waals surface area contributed by atoms with Crippen molar-refractivity contribution in [2.24, 2.45) is 7.05 Å². The van der Waals surface area contributed by atoms with Crippen LogP contribution < -0.4 is 11.1 Å². The largest absolute Gasteiger partial charge is 0.399 e. The minimum Gasteiger partial charge on any atom is -0.399 e. The lowest BCUT2D eigenvalue weighted by molar-refractivity contribution is 0.102. The molecule has 21 heavy (non-hydrogen) atoms. The topological polar surface area (TPSA) is 88.7 Å². The van der Waals surface area contributed by atoms with Gasteiger partial charge in [0.15, 0.2) is 0 Å². The van der Waals surface area contributed by atoms with Crippen LogP contribution in [-0.2, 0) is 7.05 Å². The van der Waals surface area contributed by atoms with Crippen molar-refractivity contribution < 1.29 is 4.79 Å².